The van der Waals surface area contributed by atoms with Crippen molar-refractivity contribution in [2.45, 2.75) is 13.8 Å². The Labute approximate surface area is 163 Å². The number of nitrogens with one attached hydrogen (secondary N) is 2. The molecule has 0 aliphatic heterocycles. The summed E-state index contributed by atoms with van der Waals surface area (Å²) in [5, 5.41) is 5.87. The molecular formula is C19H22ClN3O4. The van der Waals surface area contributed by atoms with Crippen LogP contribution in [0.25, 0.3) is 0 Å². The van der Waals surface area contributed by atoms with E-state index in [0.29, 0.717) is 40.2 Å². The maximum atomic E-state index is 12.6. The van der Waals surface area contributed by atoms with Crippen LogP contribution in [0.3, 0.4) is 0 Å². The van der Waals surface area contributed by atoms with Gasteiger partial charge >= 0.3 is 0 Å². The lowest BCUT2D eigenvalue weighted by Gasteiger charge is -2.13. The lowest BCUT2D eigenvalue weighted by atomic mass is 10.1. The first-order valence-corrected chi connectivity index (χ1v) is 8.69. The second-order valence-corrected chi connectivity index (χ2v) is 6.61. The third-order valence-electron chi connectivity index (χ3n) is 3.66. The zero-order valence-corrected chi connectivity index (χ0v) is 16.4. The lowest BCUT2D eigenvalue weighted by Crippen LogP contribution is -2.27. The lowest BCUT2D eigenvalue weighted by molar-refractivity contribution is 0.0948. The smallest absolute Gasteiger partial charge is 0.257 e. The number of amides is 2. The number of pyridine rings is 1. The Morgan fingerprint density at radius 2 is 1.67 bits per heavy atom. The maximum absolute atomic E-state index is 12.6. The summed E-state index contributed by atoms with van der Waals surface area (Å²) in [5.41, 5.74) is 0.936. The van der Waals surface area contributed by atoms with E-state index in [1.807, 2.05) is 13.8 Å². The SMILES string of the molecule is COc1cc(NC(=O)c2cncc(C(=O)NCC(C)C)c2)c(OC)cc1Cl. The summed E-state index contributed by atoms with van der Waals surface area (Å²) in [5.74, 6) is 0.377. The molecule has 7 nitrogen and oxygen atoms in total. The molecule has 8 heteroatoms. The van der Waals surface area contributed by atoms with Crippen molar-refractivity contribution in [2.24, 2.45) is 5.92 Å². The summed E-state index contributed by atoms with van der Waals surface area (Å²) in [4.78, 5) is 28.8. The van der Waals surface area contributed by atoms with Crippen LogP contribution in [-0.4, -0.2) is 37.6 Å². The Morgan fingerprint density at radius 3 is 2.26 bits per heavy atom. The minimum atomic E-state index is -0.441. The molecule has 2 amide bonds. The van der Waals surface area contributed by atoms with Crippen molar-refractivity contribution in [2.75, 3.05) is 26.1 Å². The number of hydrogen-bond acceptors (Lipinski definition) is 5. The number of aromatic nitrogens is 1. The van der Waals surface area contributed by atoms with E-state index in [-0.39, 0.29) is 11.5 Å². The van der Waals surface area contributed by atoms with Crippen LogP contribution in [0.1, 0.15) is 34.6 Å². The molecule has 2 aromatic rings. The van der Waals surface area contributed by atoms with Crippen LogP contribution < -0.4 is 20.1 Å². The van der Waals surface area contributed by atoms with Crippen LogP contribution in [0.15, 0.2) is 30.6 Å². The molecule has 0 bridgehead atoms. The molecule has 0 atom stereocenters. The van der Waals surface area contributed by atoms with Crippen molar-refractivity contribution in [1.82, 2.24) is 10.3 Å². The fourth-order valence-corrected chi connectivity index (χ4v) is 2.47. The molecule has 0 saturated heterocycles. The zero-order valence-electron chi connectivity index (χ0n) is 15.6. The van der Waals surface area contributed by atoms with Crippen molar-refractivity contribution >= 4 is 29.1 Å². The van der Waals surface area contributed by atoms with Gasteiger partial charge in [-0.3, -0.25) is 14.6 Å². The minimum absolute atomic E-state index is 0.239. The van der Waals surface area contributed by atoms with Crippen LogP contribution in [0.5, 0.6) is 11.5 Å². The molecule has 1 heterocycles. The topological polar surface area (TPSA) is 89.5 Å². The Kier molecular flexibility index (Phi) is 7.01. The van der Waals surface area contributed by atoms with E-state index in [1.54, 1.807) is 12.1 Å². The molecule has 0 radical (unpaired) electrons. The largest absolute Gasteiger partial charge is 0.495 e. The molecule has 2 N–H and O–H groups in total. The van der Waals surface area contributed by atoms with E-state index in [2.05, 4.69) is 15.6 Å². The van der Waals surface area contributed by atoms with Gasteiger partial charge in [-0.25, -0.2) is 0 Å². The second-order valence-electron chi connectivity index (χ2n) is 6.21. The number of anilines is 1. The van der Waals surface area contributed by atoms with Gasteiger partial charge in [0, 0.05) is 31.1 Å². The molecule has 2 rings (SSSR count). The van der Waals surface area contributed by atoms with E-state index in [4.69, 9.17) is 21.1 Å². The third kappa shape index (κ3) is 5.34. The highest BCUT2D eigenvalue weighted by Gasteiger charge is 2.16. The first kappa shape index (κ1) is 20.5. The minimum Gasteiger partial charge on any atom is -0.495 e. The van der Waals surface area contributed by atoms with Gasteiger partial charge in [-0.05, 0) is 12.0 Å². The highest BCUT2D eigenvalue weighted by molar-refractivity contribution is 6.32. The molecule has 0 saturated carbocycles. The Balaban J connectivity index is 2.21. The van der Waals surface area contributed by atoms with Gasteiger partial charge in [0.1, 0.15) is 11.5 Å². The molecule has 0 unspecified atom stereocenters. The van der Waals surface area contributed by atoms with Gasteiger partial charge in [-0.1, -0.05) is 25.4 Å². The summed E-state index contributed by atoms with van der Waals surface area (Å²) >= 11 is 6.07. The average Bonchev–Trinajstić information content (AvgIpc) is 2.66. The quantitative estimate of drug-likeness (QED) is 0.755. The molecule has 1 aromatic heterocycles. The number of hydrogen-bond donors (Lipinski definition) is 2. The normalized spacial score (nSPS) is 10.4. The summed E-state index contributed by atoms with van der Waals surface area (Å²) in [6, 6.07) is 4.59. The van der Waals surface area contributed by atoms with Gasteiger partial charge in [0.15, 0.2) is 0 Å². The molecule has 0 aliphatic carbocycles. The first-order valence-electron chi connectivity index (χ1n) is 8.31. The number of rotatable bonds is 7. The number of benzene rings is 1. The first-order chi connectivity index (χ1) is 12.8. The van der Waals surface area contributed by atoms with Gasteiger partial charge in [0.05, 0.1) is 36.1 Å². The predicted molar refractivity (Wildman–Crippen MR) is 104 cm³/mol. The maximum Gasteiger partial charge on any atom is 0.257 e. The molecule has 0 spiro atoms. The van der Waals surface area contributed by atoms with E-state index < -0.39 is 5.91 Å². The monoisotopic (exact) mass is 391 g/mol. The standard InChI is InChI=1S/C19H22ClN3O4/c1-11(2)8-22-18(24)12-5-13(10-21-9-12)19(25)23-15-7-16(26-3)14(20)6-17(15)27-4/h5-7,9-11H,8H2,1-4H3,(H,22,24)(H,23,25). The summed E-state index contributed by atoms with van der Waals surface area (Å²) in [7, 11) is 2.94. The van der Waals surface area contributed by atoms with Crippen LogP contribution in [-0.2, 0) is 0 Å². The molecule has 144 valence electrons. The molecule has 0 fully saturated rings. The predicted octanol–water partition coefficient (Wildman–Crippen LogP) is 3.39. The van der Waals surface area contributed by atoms with E-state index in [9.17, 15) is 9.59 Å². The fraction of sp³-hybridized carbons (Fsp3) is 0.316. The van der Waals surface area contributed by atoms with Gasteiger partial charge < -0.3 is 20.1 Å². The van der Waals surface area contributed by atoms with Crippen LogP contribution in [0.4, 0.5) is 5.69 Å². The number of carbonyl (C=O) groups is 2. The highest BCUT2D eigenvalue weighted by Crippen LogP contribution is 2.36. The molecular weight excluding hydrogens is 370 g/mol. The molecule has 1 aromatic carbocycles. The van der Waals surface area contributed by atoms with Crippen LogP contribution in [0.2, 0.25) is 5.02 Å². The van der Waals surface area contributed by atoms with Crippen molar-refractivity contribution < 1.29 is 19.1 Å². The Hall–Kier alpha value is -2.80. The van der Waals surface area contributed by atoms with Crippen molar-refractivity contribution in [3.05, 3.63) is 46.7 Å². The van der Waals surface area contributed by atoms with E-state index >= 15 is 0 Å². The summed E-state index contributed by atoms with van der Waals surface area (Å²) in [6.07, 6.45) is 2.80. The van der Waals surface area contributed by atoms with Gasteiger partial charge in [-0.15, -0.1) is 0 Å². The van der Waals surface area contributed by atoms with Gasteiger partial charge in [-0.2, -0.15) is 0 Å². The number of halogens is 1. The Morgan fingerprint density at radius 1 is 1.04 bits per heavy atom. The Bertz CT molecular complexity index is 840. The second kappa shape index (κ2) is 9.23. The van der Waals surface area contributed by atoms with E-state index in [0.717, 1.165) is 0 Å². The van der Waals surface area contributed by atoms with Crippen LogP contribution in [0, 0.1) is 5.92 Å². The van der Waals surface area contributed by atoms with Gasteiger partial charge in [0.25, 0.3) is 11.8 Å². The summed E-state index contributed by atoms with van der Waals surface area (Å²) in [6.45, 7) is 4.53. The summed E-state index contributed by atoms with van der Waals surface area (Å²) < 4.78 is 10.4. The van der Waals surface area contributed by atoms with Crippen molar-refractivity contribution in [1.29, 1.82) is 0 Å². The number of nitrogens with zero attached hydrogens (tertiary/aromatic N) is 1. The molecule has 27 heavy (non-hydrogen) atoms. The van der Waals surface area contributed by atoms with E-state index in [1.165, 1.54) is 32.7 Å². The number of carbonyl (C=O) groups excluding carboxylic acids is 2. The van der Waals surface area contributed by atoms with Gasteiger partial charge in [0.2, 0.25) is 0 Å². The third-order valence-corrected chi connectivity index (χ3v) is 3.95. The number of methoxy groups -OCH3 is 2. The fourth-order valence-electron chi connectivity index (χ4n) is 2.24. The average molecular weight is 392 g/mol. The number of ether oxygens (including phenoxy) is 2. The highest BCUT2D eigenvalue weighted by atomic mass is 35.5. The van der Waals surface area contributed by atoms with Crippen molar-refractivity contribution in [3.63, 3.8) is 0 Å². The zero-order chi connectivity index (χ0) is 20.0. The van der Waals surface area contributed by atoms with Crippen LogP contribution >= 0.6 is 11.6 Å². The van der Waals surface area contributed by atoms with Crippen molar-refractivity contribution in [3.8, 4) is 11.5 Å². The molecule has 0 aliphatic rings.